The van der Waals surface area contributed by atoms with Crippen LogP contribution in [-0.2, 0) is 4.84 Å². The van der Waals surface area contributed by atoms with E-state index in [9.17, 15) is 13.6 Å². The van der Waals surface area contributed by atoms with Crippen molar-refractivity contribution in [1.29, 1.82) is 0 Å². The summed E-state index contributed by atoms with van der Waals surface area (Å²) in [6.07, 6.45) is 4.69. The van der Waals surface area contributed by atoms with E-state index in [-0.39, 0.29) is 23.3 Å². The normalized spacial score (nSPS) is 19.8. The number of piperidine rings is 1. The van der Waals surface area contributed by atoms with Gasteiger partial charge in [0.1, 0.15) is 23.0 Å². The van der Waals surface area contributed by atoms with Gasteiger partial charge in [-0.05, 0) is 31.9 Å². The van der Waals surface area contributed by atoms with Gasteiger partial charge in [-0.3, -0.25) is 9.80 Å². The number of amides is 1. The smallest absolute Gasteiger partial charge is 0.259 e. The SMILES string of the molecule is Cc1oncc1C(=O)N1CCCC(N2C=C(c3ccc(F)cc3F)ON2)C1. The van der Waals surface area contributed by atoms with Crippen LogP contribution in [0.3, 0.4) is 0 Å². The Labute approximate surface area is 154 Å². The van der Waals surface area contributed by atoms with Crippen LogP contribution in [0.5, 0.6) is 0 Å². The first-order valence-corrected chi connectivity index (χ1v) is 8.61. The van der Waals surface area contributed by atoms with Crippen LogP contribution >= 0.6 is 0 Å². The van der Waals surface area contributed by atoms with Gasteiger partial charge >= 0.3 is 0 Å². The van der Waals surface area contributed by atoms with E-state index in [2.05, 4.69) is 10.7 Å². The van der Waals surface area contributed by atoms with Crippen molar-refractivity contribution in [2.24, 2.45) is 0 Å². The molecule has 0 radical (unpaired) electrons. The highest BCUT2D eigenvalue weighted by atomic mass is 19.1. The van der Waals surface area contributed by atoms with E-state index in [1.165, 1.54) is 18.3 Å². The number of nitrogens with one attached hydrogen (secondary N) is 1. The predicted octanol–water partition coefficient (Wildman–Crippen LogP) is 2.62. The Morgan fingerprint density at radius 2 is 2.22 bits per heavy atom. The third-order valence-corrected chi connectivity index (χ3v) is 4.77. The molecule has 9 heteroatoms. The van der Waals surface area contributed by atoms with Crippen LogP contribution in [0.1, 0.15) is 34.5 Å². The molecule has 4 rings (SSSR count). The number of carbonyl (C=O) groups excluding carboxylic acids is 1. The minimum absolute atomic E-state index is 0.0520. The summed E-state index contributed by atoms with van der Waals surface area (Å²) >= 11 is 0. The number of hydrazine groups is 1. The third kappa shape index (κ3) is 3.37. The van der Waals surface area contributed by atoms with Gasteiger partial charge in [-0.2, -0.15) is 0 Å². The highest BCUT2D eigenvalue weighted by Crippen LogP contribution is 2.27. The maximum Gasteiger partial charge on any atom is 0.259 e. The molecule has 1 amide bonds. The molecule has 1 saturated heterocycles. The third-order valence-electron chi connectivity index (χ3n) is 4.77. The molecule has 1 fully saturated rings. The molecule has 0 aliphatic carbocycles. The van der Waals surface area contributed by atoms with E-state index in [4.69, 9.17) is 9.36 Å². The van der Waals surface area contributed by atoms with Crippen LogP contribution in [0.4, 0.5) is 8.78 Å². The number of hydrogen-bond donors (Lipinski definition) is 1. The van der Waals surface area contributed by atoms with Crippen molar-refractivity contribution < 1.29 is 22.9 Å². The molecule has 1 aromatic heterocycles. The Morgan fingerprint density at radius 3 is 2.96 bits per heavy atom. The molecule has 1 unspecified atom stereocenters. The molecular formula is C18H18F2N4O3. The second kappa shape index (κ2) is 6.99. The summed E-state index contributed by atoms with van der Waals surface area (Å²) in [5.74, 6) is -0.740. The molecule has 7 nitrogen and oxygen atoms in total. The van der Waals surface area contributed by atoms with Gasteiger partial charge in [0, 0.05) is 19.2 Å². The average Bonchev–Trinajstić information content (AvgIpc) is 3.30. The summed E-state index contributed by atoms with van der Waals surface area (Å²) in [4.78, 5) is 19.8. The molecule has 1 atom stereocenters. The molecule has 1 aromatic carbocycles. The Morgan fingerprint density at radius 1 is 1.37 bits per heavy atom. The fourth-order valence-electron chi connectivity index (χ4n) is 3.32. The zero-order valence-corrected chi connectivity index (χ0v) is 14.6. The molecule has 0 bridgehead atoms. The summed E-state index contributed by atoms with van der Waals surface area (Å²) in [6.45, 7) is 2.80. The highest BCUT2D eigenvalue weighted by Gasteiger charge is 2.32. The molecule has 142 valence electrons. The van der Waals surface area contributed by atoms with E-state index in [1.807, 2.05) is 0 Å². The largest absolute Gasteiger partial charge is 0.387 e. The monoisotopic (exact) mass is 376 g/mol. The zero-order chi connectivity index (χ0) is 19.0. The maximum atomic E-state index is 14.0. The van der Waals surface area contributed by atoms with Crippen molar-refractivity contribution in [3.8, 4) is 0 Å². The number of nitrogens with zero attached hydrogens (tertiary/aromatic N) is 3. The van der Waals surface area contributed by atoms with Crippen LogP contribution in [0.25, 0.3) is 5.76 Å². The molecule has 1 N–H and O–H groups in total. The number of halogens is 2. The number of aryl methyl sites for hydroxylation is 1. The average molecular weight is 376 g/mol. The molecule has 3 heterocycles. The highest BCUT2D eigenvalue weighted by molar-refractivity contribution is 5.94. The topological polar surface area (TPSA) is 70.8 Å². The Bertz CT molecular complexity index is 898. The first-order chi connectivity index (χ1) is 13.0. The molecule has 0 spiro atoms. The minimum Gasteiger partial charge on any atom is -0.387 e. The lowest BCUT2D eigenvalue weighted by Gasteiger charge is -2.36. The zero-order valence-electron chi connectivity index (χ0n) is 14.6. The van der Waals surface area contributed by atoms with Gasteiger partial charge in [-0.1, -0.05) is 10.7 Å². The number of likely N-dealkylation sites (tertiary alicyclic amines) is 1. The Kier molecular flexibility index (Phi) is 4.53. The summed E-state index contributed by atoms with van der Waals surface area (Å²) in [5.41, 5.74) is 3.35. The van der Waals surface area contributed by atoms with Crippen molar-refractivity contribution >= 4 is 11.7 Å². The molecular weight excluding hydrogens is 358 g/mol. The summed E-state index contributed by atoms with van der Waals surface area (Å²) in [5, 5.41) is 5.36. The number of benzene rings is 1. The van der Waals surface area contributed by atoms with Crippen molar-refractivity contribution in [2.45, 2.75) is 25.8 Å². The number of rotatable bonds is 3. The van der Waals surface area contributed by atoms with Crippen LogP contribution in [0.15, 0.2) is 35.1 Å². The summed E-state index contributed by atoms with van der Waals surface area (Å²) in [6, 6.07) is 3.26. The molecule has 2 aromatic rings. The van der Waals surface area contributed by atoms with E-state index in [0.717, 1.165) is 18.9 Å². The van der Waals surface area contributed by atoms with Crippen LogP contribution in [0, 0.1) is 18.6 Å². The van der Waals surface area contributed by atoms with Crippen molar-refractivity contribution in [1.82, 2.24) is 20.7 Å². The van der Waals surface area contributed by atoms with Gasteiger partial charge in [0.15, 0.2) is 5.76 Å². The summed E-state index contributed by atoms with van der Waals surface area (Å²) in [7, 11) is 0. The maximum absolute atomic E-state index is 14.0. The lowest BCUT2D eigenvalue weighted by Crippen LogP contribution is -2.50. The van der Waals surface area contributed by atoms with Crippen molar-refractivity contribution in [3.05, 3.63) is 59.1 Å². The molecule has 2 aliphatic rings. The summed E-state index contributed by atoms with van der Waals surface area (Å²) < 4.78 is 32.0. The van der Waals surface area contributed by atoms with Crippen LogP contribution in [0.2, 0.25) is 0 Å². The number of aromatic nitrogens is 1. The van der Waals surface area contributed by atoms with Gasteiger partial charge in [0.2, 0.25) is 0 Å². The van der Waals surface area contributed by atoms with E-state index >= 15 is 0 Å². The van der Waals surface area contributed by atoms with Gasteiger partial charge in [-0.15, -0.1) is 0 Å². The lowest BCUT2D eigenvalue weighted by atomic mass is 10.0. The predicted molar refractivity (Wildman–Crippen MR) is 90.6 cm³/mol. The standard InChI is InChI=1S/C18H18F2N4O3/c1-11-15(8-21-26-11)18(25)23-6-2-3-13(9-23)24-10-17(27-22-24)14-5-4-12(19)7-16(14)20/h4-5,7-8,10,13,22H,2-3,6,9H2,1H3. The second-order valence-corrected chi connectivity index (χ2v) is 6.56. The lowest BCUT2D eigenvalue weighted by molar-refractivity contribution is -0.00254. The fraction of sp³-hybridized carbons (Fsp3) is 0.333. The first-order valence-electron chi connectivity index (χ1n) is 8.61. The van der Waals surface area contributed by atoms with Gasteiger partial charge in [0.25, 0.3) is 5.91 Å². The number of hydrogen-bond acceptors (Lipinski definition) is 6. The van der Waals surface area contributed by atoms with Gasteiger partial charge in [0.05, 0.1) is 24.0 Å². The molecule has 27 heavy (non-hydrogen) atoms. The quantitative estimate of drug-likeness (QED) is 0.888. The van der Waals surface area contributed by atoms with Crippen molar-refractivity contribution in [3.63, 3.8) is 0 Å². The van der Waals surface area contributed by atoms with Gasteiger partial charge < -0.3 is 14.3 Å². The van der Waals surface area contributed by atoms with Crippen LogP contribution < -0.4 is 5.59 Å². The molecule has 2 aliphatic heterocycles. The Hall–Kier alpha value is -2.94. The number of carbonyl (C=O) groups is 1. The second-order valence-electron chi connectivity index (χ2n) is 6.56. The first kappa shape index (κ1) is 17.5. The minimum atomic E-state index is -0.701. The molecule has 0 saturated carbocycles. The fourth-order valence-corrected chi connectivity index (χ4v) is 3.32. The van der Waals surface area contributed by atoms with E-state index in [0.29, 0.717) is 24.4 Å². The van der Waals surface area contributed by atoms with E-state index < -0.39 is 11.6 Å². The van der Waals surface area contributed by atoms with Gasteiger partial charge in [-0.25, -0.2) is 8.78 Å². The van der Waals surface area contributed by atoms with Crippen molar-refractivity contribution in [2.75, 3.05) is 13.1 Å². The van der Waals surface area contributed by atoms with E-state index in [1.54, 1.807) is 23.0 Å². The van der Waals surface area contributed by atoms with Crippen LogP contribution in [-0.4, -0.2) is 40.1 Å². The Balaban J connectivity index is 1.48.